The summed E-state index contributed by atoms with van der Waals surface area (Å²) in [7, 11) is 0. The number of carbonyl (C=O) groups is 1. The van der Waals surface area contributed by atoms with Gasteiger partial charge in [0.15, 0.2) is 0 Å². The van der Waals surface area contributed by atoms with Crippen LogP contribution in [0.25, 0.3) is 11.3 Å². The van der Waals surface area contributed by atoms with E-state index < -0.39 is 6.61 Å². The third-order valence-electron chi connectivity index (χ3n) is 10.1. The molecule has 10 heteroatoms. The summed E-state index contributed by atoms with van der Waals surface area (Å²) in [5, 5.41) is 19.5. The van der Waals surface area contributed by atoms with Gasteiger partial charge in [-0.25, -0.2) is 0 Å². The second kappa shape index (κ2) is 17.5. The largest absolute Gasteiger partial charge is 0.387 e. The van der Waals surface area contributed by atoms with Gasteiger partial charge < -0.3 is 20.2 Å². The summed E-state index contributed by atoms with van der Waals surface area (Å²) in [4.78, 5) is 19.3. The second-order valence-electron chi connectivity index (χ2n) is 13.6. The van der Waals surface area contributed by atoms with Gasteiger partial charge in [-0.15, -0.1) is 0 Å². The predicted octanol–water partition coefficient (Wildman–Crippen LogP) is 6.64. The van der Waals surface area contributed by atoms with Crippen molar-refractivity contribution in [2.75, 3.05) is 50.8 Å². The van der Waals surface area contributed by atoms with E-state index in [1.807, 2.05) is 54.6 Å². The monoisotopic (exact) mass is 746 g/mol. The van der Waals surface area contributed by atoms with Gasteiger partial charge in [-0.2, -0.15) is 5.10 Å². The van der Waals surface area contributed by atoms with Crippen molar-refractivity contribution in [3.63, 3.8) is 0 Å². The zero-order chi connectivity index (χ0) is 36.6. The number of halogens is 2. The summed E-state index contributed by atoms with van der Waals surface area (Å²) in [6.45, 7) is 7.90. The fourth-order valence-electron chi connectivity index (χ4n) is 7.10. The molecule has 0 unspecified atom stereocenters. The number of anilines is 1. The number of para-hydroxylation sites is 1. The number of aromatic nitrogens is 2. The third-order valence-corrected chi connectivity index (χ3v) is 10.6. The summed E-state index contributed by atoms with van der Waals surface area (Å²) >= 11 is 12.7. The summed E-state index contributed by atoms with van der Waals surface area (Å²) in [5.74, 6) is 6.30. The number of fused-ring (bicyclic) bond motifs is 1. The second-order valence-corrected chi connectivity index (χ2v) is 14.5. The molecule has 2 aliphatic heterocycles. The zero-order valence-electron chi connectivity index (χ0n) is 29.8. The number of rotatable bonds is 11. The highest BCUT2D eigenvalue weighted by Gasteiger charge is 2.28. The number of nitrogens with one attached hydrogen (secondary N) is 1. The van der Waals surface area contributed by atoms with Gasteiger partial charge in [0.1, 0.15) is 6.61 Å². The first-order valence-corrected chi connectivity index (χ1v) is 19.0. The maximum absolute atomic E-state index is 12.5. The molecule has 2 aliphatic rings. The van der Waals surface area contributed by atoms with Crippen molar-refractivity contribution >= 4 is 34.8 Å². The lowest BCUT2D eigenvalue weighted by Crippen LogP contribution is -2.46. The topological polar surface area (TPSA) is 76.9 Å². The number of hydrogen-bond donors (Lipinski definition) is 2. The minimum atomic E-state index is -0.502. The molecule has 1 fully saturated rings. The van der Waals surface area contributed by atoms with Crippen LogP contribution in [0.1, 0.15) is 39.9 Å². The van der Waals surface area contributed by atoms with Gasteiger partial charge in [0, 0.05) is 111 Å². The van der Waals surface area contributed by atoms with Crippen molar-refractivity contribution in [1.29, 1.82) is 0 Å². The van der Waals surface area contributed by atoms with Gasteiger partial charge in [0.05, 0.1) is 10.7 Å². The molecule has 1 amide bonds. The van der Waals surface area contributed by atoms with Crippen LogP contribution in [-0.2, 0) is 37.4 Å². The Labute approximate surface area is 321 Å². The summed E-state index contributed by atoms with van der Waals surface area (Å²) in [5.41, 5.74) is 9.18. The molecular formula is C43H44Cl2N6O2. The van der Waals surface area contributed by atoms with Crippen LogP contribution < -0.4 is 10.2 Å². The zero-order valence-corrected chi connectivity index (χ0v) is 31.3. The first kappa shape index (κ1) is 36.7. The number of benzene rings is 4. The van der Waals surface area contributed by atoms with Crippen LogP contribution in [0.15, 0.2) is 97.1 Å². The SMILES string of the molecule is O=C(CO)N1CCc2c(c(-c3ccc(Cl)c(C#Cc4ccc(CNCc5ccc(Cl)cc5)cc4)c3)nn2CCCN2CCN(c3ccccc3)CC2)C1. The van der Waals surface area contributed by atoms with E-state index in [1.54, 1.807) is 4.90 Å². The van der Waals surface area contributed by atoms with Crippen LogP contribution >= 0.6 is 23.2 Å². The minimum absolute atomic E-state index is 0.269. The van der Waals surface area contributed by atoms with E-state index in [0.717, 1.165) is 97.4 Å². The maximum Gasteiger partial charge on any atom is 0.248 e. The predicted molar refractivity (Wildman–Crippen MR) is 213 cm³/mol. The number of piperazine rings is 1. The van der Waals surface area contributed by atoms with Crippen molar-refractivity contribution in [3.8, 4) is 23.1 Å². The van der Waals surface area contributed by atoms with Gasteiger partial charge in [-0.05, 0) is 66.1 Å². The molecular weight excluding hydrogens is 703 g/mol. The van der Waals surface area contributed by atoms with E-state index in [2.05, 4.69) is 74.1 Å². The Hall–Kier alpha value is -4.62. The van der Waals surface area contributed by atoms with Crippen molar-refractivity contribution in [2.45, 2.75) is 39.0 Å². The van der Waals surface area contributed by atoms with E-state index in [9.17, 15) is 9.90 Å². The molecule has 53 heavy (non-hydrogen) atoms. The Balaban J connectivity index is 1.02. The number of hydrogen-bond acceptors (Lipinski definition) is 6. The third kappa shape index (κ3) is 9.31. The first-order valence-electron chi connectivity index (χ1n) is 18.3. The molecule has 0 saturated carbocycles. The van der Waals surface area contributed by atoms with Gasteiger partial charge >= 0.3 is 0 Å². The van der Waals surface area contributed by atoms with Crippen LogP contribution in [0, 0.1) is 11.8 Å². The van der Waals surface area contributed by atoms with E-state index in [-0.39, 0.29) is 5.91 Å². The fourth-order valence-corrected chi connectivity index (χ4v) is 7.39. The molecule has 3 heterocycles. The Morgan fingerprint density at radius 2 is 1.53 bits per heavy atom. The molecule has 0 atom stereocenters. The Morgan fingerprint density at radius 1 is 0.811 bits per heavy atom. The smallest absolute Gasteiger partial charge is 0.248 e. The standard InChI is InChI=1S/C43H44Cl2N6O2/c44-37-16-12-34(13-17-37)29-46-28-33-9-7-32(8-10-33)11-14-35-27-36(15-18-40(35)45)43-39-30-50(42(53)31-52)22-19-41(39)51(47-43)21-4-20-48-23-25-49(26-24-48)38-5-2-1-3-6-38/h1-3,5-10,12-13,15-18,27,46,52H,4,19-26,28-31H2. The molecule has 8 nitrogen and oxygen atoms in total. The number of aliphatic hydroxyl groups excluding tert-OH is 1. The fraction of sp³-hybridized carbons (Fsp3) is 0.302. The van der Waals surface area contributed by atoms with Gasteiger partial charge in [0.2, 0.25) is 5.91 Å². The quantitative estimate of drug-likeness (QED) is 0.148. The highest BCUT2D eigenvalue weighted by molar-refractivity contribution is 6.31. The first-order chi connectivity index (χ1) is 25.9. The normalized spacial score (nSPS) is 14.5. The van der Waals surface area contributed by atoms with E-state index >= 15 is 0 Å². The number of carbonyl (C=O) groups excluding carboxylic acids is 1. The summed E-state index contributed by atoms with van der Waals surface area (Å²) < 4.78 is 2.14. The molecule has 0 radical (unpaired) electrons. The minimum Gasteiger partial charge on any atom is -0.387 e. The lowest BCUT2D eigenvalue weighted by Gasteiger charge is -2.36. The van der Waals surface area contributed by atoms with Gasteiger partial charge in [-0.1, -0.05) is 83.6 Å². The molecule has 0 bridgehead atoms. The van der Waals surface area contributed by atoms with E-state index in [4.69, 9.17) is 28.3 Å². The molecule has 5 aromatic rings. The Bertz CT molecular complexity index is 2060. The van der Waals surface area contributed by atoms with E-state index in [1.165, 1.54) is 16.8 Å². The molecule has 4 aromatic carbocycles. The highest BCUT2D eigenvalue weighted by Crippen LogP contribution is 2.32. The van der Waals surface area contributed by atoms with Crippen molar-refractivity contribution in [1.82, 2.24) is 24.9 Å². The lowest BCUT2D eigenvalue weighted by atomic mass is 9.99. The van der Waals surface area contributed by atoms with Crippen LogP contribution in [0.4, 0.5) is 5.69 Å². The lowest BCUT2D eigenvalue weighted by molar-refractivity contribution is -0.135. The molecule has 0 spiro atoms. The highest BCUT2D eigenvalue weighted by atomic mass is 35.5. The molecule has 0 aliphatic carbocycles. The molecule has 1 aromatic heterocycles. The van der Waals surface area contributed by atoms with Gasteiger partial charge in [0.25, 0.3) is 0 Å². The van der Waals surface area contributed by atoms with Crippen molar-refractivity contribution in [2.24, 2.45) is 0 Å². The van der Waals surface area contributed by atoms with Crippen LogP contribution in [0.5, 0.6) is 0 Å². The average Bonchev–Trinajstić information content (AvgIpc) is 3.56. The van der Waals surface area contributed by atoms with Crippen molar-refractivity contribution < 1.29 is 9.90 Å². The van der Waals surface area contributed by atoms with Crippen molar-refractivity contribution in [3.05, 3.63) is 141 Å². The van der Waals surface area contributed by atoms with Crippen LogP contribution in [-0.4, -0.2) is 76.5 Å². The van der Waals surface area contributed by atoms with E-state index in [0.29, 0.717) is 24.5 Å². The van der Waals surface area contributed by atoms with Crippen LogP contribution in [0.3, 0.4) is 0 Å². The molecule has 2 N–H and O–H groups in total. The summed E-state index contributed by atoms with van der Waals surface area (Å²) in [6, 6.07) is 32.6. The Kier molecular flexibility index (Phi) is 12.1. The van der Waals surface area contributed by atoms with Crippen LogP contribution in [0.2, 0.25) is 10.0 Å². The van der Waals surface area contributed by atoms with Gasteiger partial charge in [-0.3, -0.25) is 14.4 Å². The summed E-state index contributed by atoms with van der Waals surface area (Å²) in [6.07, 6.45) is 1.67. The molecule has 1 saturated heterocycles. The average molecular weight is 748 g/mol. The number of nitrogens with zero attached hydrogens (tertiary/aromatic N) is 5. The Morgan fingerprint density at radius 3 is 2.25 bits per heavy atom. The number of amides is 1. The maximum atomic E-state index is 12.5. The number of aryl methyl sites for hydroxylation is 1. The molecule has 272 valence electrons. The number of aliphatic hydroxyl groups is 1. The molecule has 7 rings (SSSR count).